The third-order valence-corrected chi connectivity index (χ3v) is 5.36. The van der Waals surface area contributed by atoms with Gasteiger partial charge in [0, 0.05) is 25.7 Å². The molecule has 0 radical (unpaired) electrons. The summed E-state index contributed by atoms with van der Waals surface area (Å²) >= 11 is 0. The van der Waals surface area contributed by atoms with Crippen molar-refractivity contribution in [2.24, 2.45) is 5.41 Å². The quantitative estimate of drug-likeness (QED) is 0.449. The summed E-state index contributed by atoms with van der Waals surface area (Å²) < 4.78 is 1.45. The second-order valence-corrected chi connectivity index (χ2v) is 9.10. The summed E-state index contributed by atoms with van der Waals surface area (Å²) in [6, 6.07) is 2.69. The van der Waals surface area contributed by atoms with Crippen LogP contribution in [0, 0.1) is 16.7 Å². The number of nitrogens with zero attached hydrogens (tertiary/aromatic N) is 7. The first-order valence-corrected chi connectivity index (χ1v) is 10.2. The number of carbonyl (C=O) groups is 3. The zero-order valence-electron chi connectivity index (χ0n) is 18.0. The average Bonchev–Trinajstić information content (AvgIpc) is 3.30. The first kappa shape index (κ1) is 21.3. The van der Waals surface area contributed by atoms with Crippen molar-refractivity contribution >= 4 is 29.6 Å². The lowest BCUT2D eigenvalue weighted by atomic mass is 9.88. The molecule has 0 bridgehead atoms. The minimum absolute atomic E-state index is 0.0379. The molecule has 0 aromatic carbocycles. The summed E-state index contributed by atoms with van der Waals surface area (Å²) in [4.78, 5) is 46.7. The molecule has 0 aliphatic carbocycles. The summed E-state index contributed by atoms with van der Waals surface area (Å²) in [6.07, 6.45) is 2.16. The molecule has 168 valence electrons. The maximum absolute atomic E-state index is 13.1. The largest absolute Gasteiger partial charge is 0.336 e. The predicted molar refractivity (Wildman–Crippen MR) is 111 cm³/mol. The zero-order chi connectivity index (χ0) is 23.1. The summed E-state index contributed by atoms with van der Waals surface area (Å²) in [7, 11) is 0. The lowest BCUT2D eigenvalue weighted by Gasteiger charge is -2.38. The van der Waals surface area contributed by atoms with Crippen molar-refractivity contribution < 1.29 is 14.4 Å². The van der Waals surface area contributed by atoms with Gasteiger partial charge in [-0.2, -0.15) is 24.8 Å². The van der Waals surface area contributed by atoms with E-state index < -0.39 is 11.6 Å². The van der Waals surface area contributed by atoms with Crippen molar-refractivity contribution in [1.82, 2.24) is 40.5 Å². The number of piperidine rings is 1. The lowest BCUT2D eigenvalue weighted by molar-refractivity contribution is -0.125. The number of rotatable bonds is 3. The van der Waals surface area contributed by atoms with Gasteiger partial charge in [0.25, 0.3) is 5.91 Å². The topological polar surface area (TPSA) is 161 Å². The van der Waals surface area contributed by atoms with Gasteiger partial charge in [0.1, 0.15) is 11.6 Å². The Morgan fingerprint density at radius 2 is 2.03 bits per heavy atom. The molecule has 4 rings (SSSR count). The molecule has 0 saturated carbocycles. The van der Waals surface area contributed by atoms with Crippen LogP contribution in [-0.4, -0.2) is 67.6 Å². The highest BCUT2D eigenvalue weighted by Crippen LogP contribution is 2.26. The normalized spacial score (nSPS) is 17.8. The molecular formula is C19H24N10O3. The number of hydrogen-bond donors (Lipinski definition) is 3. The standard InChI is InChI=1S/C19H24N10O3/c1-18(2,3)11-28(16-23-12(10-20)22-13-4-7-21-29(13)16)26-17(32)27-8-5-19(6-9-27)14(30)24-15(31)25-19/h4,7H,5-6,8-9,11H2,1-3H3,(H,26,32)(H2,24,25,30,31). The summed E-state index contributed by atoms with van der Waals surface area (Å²) in [5, 5.41) is 20.0. The maximum Gasteiger partial charge on any atom is 0.336 e. The van der Waals surface area contributed by atoms with Crippen molar-refractivity contribution in [2.45, 2.75) is 39.2 Å². The molecular weight excluding hydrogens is 416 g/mol. The molecule has 2 aromatic heterocycles. The molecule has 2 aliphatic heterocycles. The minimum atomic E-state index is -0.964. The van der Waals surface area contributed by atoms with Crippen molar-refractivity contribution in [3.63, 3.8) is 0 Å². The smallest absolute Gasteiger partial charge is 0.323 e. The van der Waals surface area contributed by atoms with E-state index in [4.69, 9.17) is 0 Å². The van der Waals surface area contributed by atoms with Crippen LogP contribution in [0.5, 0.6) is 0 Å². The number of carbonyl (C=O) groups excluding carboxylic acids is 3. The van der Waals surface area contributed by atoms with Gasteiger partial charge in [0.15, 0.2) is 5.65 Å². The van der Waals surface area contributed by atoms with Gasteiger partial charge in [0.2, 0.25) is 11.8 Å². The zero-order valence-corrected chi connectivity index (χ0v) is 18.0. The van der Waals surface area contributed by atoms with E-state index >= 15 is 0 Å². The van der Waals surface area contributed by atoms with E-state index in [9.17, 15) is 19.6 Å². The Hall–Kier alpha value is -3.95. The Balaban J connectivity index is 1.55. The highest BCUT2D eigenvalue weighted by Gasteiger charge is 2.48. The van der Waals surface area contributed by atoms with Gasteiger partial charge in [-0.25, -0.2) is 15.0 Å². The highest BCUT2D eigenvalue weighted by atomic mass is 16.2. The first-order chi connectivity index (χ1) is 15.1. The molecule has 13 heteroatoms. The number of aromatic nitrogens is 4. The summed E-state index contributed by atoms with van der Waals surface area (Å²) in [5.41, 5.74) is 2.10. The number of urea groups is 2. The fourth-order valence-electron chi connectivity index (χ4n) is 3.83. The van der Waals surface area contributed by atoms with Crippen LogP contribution < -0.4 is 21.1 Å². The van der Waals surface area contributed by atoms with Crippen molar-refractivity contribution in [3.05, 3.63) is 18.1 Å². The number of hydrazine groups is 1. The molecule has 4 heterocycles. The first-order valence-electron chi connectivity index (χ1n) is 10.2. The van der Waals surface area contributed by atoms with Crippen LogP contribution in [0.3, 0.4) is 0 Å². The van der Waals surface area contributed by atoms with E-state index in [1.54, 1.807) is 16.0 Å². The lowest BCUT2D eigenvalue weighted by Crippen LogP contribution is -2.59. The van der Waals surface area contributed by atoms with E-state index in [1.807, 2.05) is 26.8 Å². The van der Waals surface area contributed by atoms with Crippen LogP contribution in [0.4, 0.5) is 15.5 Å². The Morgan fingerprint density at radius 3 is 2.62 bits per heavy atom. The van der Waals surface area contributed by atoms with Crippen molar-refractivity contribution in [2.75, 3.05) is 24.6 Å². The molecule has 2 aliphatic rings. The number of fused-ring (bicyclic) bond motifs is 1. The number of nitrogens with one attached hydrogen (secondary N) is 3. The molecule has 3 N–H and O–H groups in total. The van der Waals surface area contributed by atoms with Gasteiger partial charge in [-0.3, -0.25) is 15.1 Å². The maximum atomic E-state index is 13.1. The number of anilines is 1. The minimum Gasteiger partial charge on any atom is -0.323 e. The molecule has 1 spiro atoms. The van der Waals surface area contributed by atoms with Crippen LogP contribution in [0.15, 0.2) is 12.3 Å². The van der Waals surface area contributed by atoms with E-state index in [0.717, 1.165) is 0 Å². The third kappa shape index (κ3) is 3.98. The van der Waals surface area contributed by atoms with E-state index in [-0.39, 0.29) is 42.2 Å². The van der Waals surface area contributed by atoms with E-state index in [0.29, 0.717) is 25.0 Å². The average molecular weight is 440 g/mol. The van der Waals surface area contributed by atoms with E-state index in [2.05, 4.69) is 31.1 Å². The Bertz CT molecular complexity index is 1120. The van der Waals surface area contributed by atoms with E-state index in [1.165, 1.54) is 10.7 Å². The fraction of sp³-hybridized carbons (Fsp3) is 0.526. The van der Waals surface area contributed by atoms with Crippen molar-refractivity contribution in [3.8, 4) is 6.07 Å². The van der Waals surface area contributed by atoms with Gasteiger partial charge >= 0.3 is 12.1 Å². The van der Waals surface area contributed by atoms with Gasteiger partial charge in [0.05, 0.1) is 6.20 Å². The summed E-state index contributed by atoms with van der Waals surface area (Å²) in [6.45, 7) is 6.97. The Kier molecular flexibility index (Phi) is 5.08. The SMILES string of the molecule is CC(C)(C)CN(NC(=O)N1CCC2(CC1)NC(=O)NC2=O)c1nc(C#N)nc2ccnn12. The molecule has 0 unspecified atom stereocenters. The van der Waals surface area contributed by atoms with Gasteiger partial charge < -0.3 is 10.2 Å². The molecule has 2 saturated heterocycles. The van der Waals surface area contributed by atoms with Crippen LogP contribution in [0.25, 0.3) is 5.65 Å². The van der Waals surface area contributed by atoms with Crippen LogP contribution >= 0.6 is 0 Å². The molecule has 2 aromatic rings. The molecule has 32 heavy (non-hydrogen) atoms. The number of nitriles is 1. The second-order valence-electron chi connectivity index (χ2n) is 9.10. The molecule has 13 nitrogen and oxygen atoms in total. The monoisotopic (exact) mass is 440 g/mol. The Morgan fingerprint density at radius 1 is 1.31 bits per heavy atom. The number of amides is 5. The van der Waals surface area contributed by atoms with Crippen molar-refractivity contribution in [1.29, 1.82) is 5.26 Å². The van der Waals surface area contributed by atoms with Gasteiger partial charge in [-0.15, -0.1) is 0 Å². The number of likely N-dealkylation sites (tertiary alicyclic amines) is 1. The molecule has 0 atom stereocenters. The van der Waals surface area contributed by atoms with Crippen LogP contribution in [0.1, 0.15) is 39.4 Å². The number of imide groups is 1. The van der Waals surface area contributed by atoms with Gasteiger partial charge in [-0.05, 0) is 18.3 Å². The molecule has 2 fully saturated rings. The van der Waals surface area contributed by atoms with Crippen LogP contribution in [0.2, 0.25) is 0 Å². The summed E-state index contributed by atoms with van der Waals surface area (Å²) in [5.74, 6) is -0.136. The van der Waals surface area contributed by atoms with Crippen LogP contribution in [-0.2, 0) is 4.79 Å². The second kappa shape index (κ2) is 7.63. The number of hydrogen-bond acceptors (Lipinski definition) is 8. The van der Waals surface area contributed by atoms with Gasteiger partial charge in [-0.1, -0.05) is 20.8 Å². The third-order valence-electron chi connectivity index (χ3n) is 5.36. The predicted octanol–water partition coefficient (Wildman–Crippen LogP) is 0.147. The highest BCUT2D eigenvalue weighted by molar-refractivity contribution is 6.07. The molecule has 5 amide bonds. The fourth-order valence-corrected chi connectivity index (χ4v) is 3.83. The Labute approximate surface area is 183 Å².